The molecule has 0 atom stereocenters. The quantitative estimate of drug-likeness (QED) is 0.530. The molecule has 0 saturated heterocycles. The van der Waals surface area contributed by atoms with E-state index in [0.29, 0.717) is 6.54 Å². The maximum atomic E-state index is 13.6. The Labute approximate surface area is 158 Å². The summed E-state index contributed by atoms with van der Waals surface area (Å²) in [7, 11) is 0. The molecule has 138 valence electrons. The van der Waals surface area contributed by atoms with Gasteiger partial charge in [-0.05, 0) is 30.5 Å². The lowest BCUT2D eigenvalue weighted by Crippen LogP contribution is -2.31. The van der Waals surface area contributed by atoms with E-state index in [2.05, 4.69) is 23.1 Å². The number of carbonyl (C=O) groups excluding carboxylic acids is 1. The molecule has 3 rings (SSSR count). The van der Waals surface area contributed by atoms with Crippen molar-refractivity contribution in [1.29, 1.82) is 0 Å². The lowest BCUT2D eigenvalue weighted by molar-refractivity contribution is 0.0962. The summed E-state index contributed by atoms with van der Waals surface area (Å²) < 4.78 is 26.6. The Bertz CT molecular complexity index is 777. The molecule has 0 saturated carbocycles. The van der Waals surface area contributed by atoms with Gasteiger partial charge < -0.3 is 0 Å². The van der Waals surface area contributed by atoms with Crippen molar-refractivity contribution in [3.8, 4) is 0 Å². The summed E-state index contributed by atoms with van der Waals surface area (Å²) in [4.78, 5) is 14.3. The molecule has 1 heterocycles. The number of benzene rings is 2. The van der Waals surface area contributed by atoms with E-state index in [1.165, 1.54) is 17.2 Å². The Morgan fingerprint density at radius 1 is 1.08 bits per heavy atom. The molecule has 2 nitrogen and oxygen atoms in total. The van der Waals surface area contributed by atoms with Crippen LogP contribution in [-0.2, 0) is 6.42 Å². The number of hydrogen-bond donors (Lipinski definition) is 0. The van der Waals surface area contributed by atoms with Gasteiger partial charge in [0.2, 0.25) is 0 Å². The van der Waals surface area contributed by atoms with Crippen molar-refractivity contribution in [2.45, 2.75) is 19.3 Å². The van der Waals surface area contributed by atoms with E-state index in [-0.39, 0.29) is 30.2 Å². The average molecular weight is 378 g/mol. The van der Waals surface area contributed by atoms with Gasteiger partial charge in [-0.2, -0.15) is 0 Å². The minimum atomic E-state index is -0.784. The minimum Gasteiger partial charge on any atom is -0.299 e. The van der Waals surface area contributed by atoms with Crippen LogP contribution < -0.4 is 0 Å². The summed E-state index contributed by atoms with van der Waals surface area (Å²) in [6.07, 6.45) is 4.41. The monoisotopic (exact) mass is 377 g/mol. The summed E-state index contributed by atoms with van der Waals surface area (Å²) in [6.45, 7) is 2.30. The van der Waals surface area contributed by atoms with Crippen LogP contribution in [-0.4, -0.2) is 30.3 Å². The first-order chi connectivity index (χ1) is 12.1. The number of carbonyl (C=O) groups is 1. The van der Waals surface area contributed by atoms with Gasteiger partial charge in [0.25, 0.3) is 0 Å². The largest absolute Gasteiger partial charge is 0.299 e. The Morgan fingerprint density at radius 2 is 1.85 bits per heavy atom. The Balaban J connectivity index is 0.00000243. The SMILES string of the molecule is Cl.O=C(CCN1CC=C(Cc2ccccc2)CC1)c1ccc(F)cc1F. The van der Waals surface area contributed by atoms with Gasteiger partial charge in [-0.25, -0.2) is 8.78 Å². The van der Waals surface area contributed by atoms with Crippen LogP contribution >= 0.6 is 12.4 Å². The number of nitrogens with zero attached hydrogens (tertiary/aromatic N) is 1. The molecule has 0 radical (unpaired) electrons. The van der Waals surface area contributed by atoms with E-state index in [1.807, 2.05) is 18.2 Å². The summed E-state index contributed by atoms with van der Waals surface area (Å²) in [6, 6.07) is 13.5. The molecule has 26 heavy (non-hydrogen) atoms. The highest BCUT2D eigenvalue weighted by molar-refractivity contribution is 5.96. The van der Waals surface area contributed by atoms with Crippen LogP contribution in [0, 0.1) is 11.6 Å². The zero-order chi connectivity index (χ0) is 17.6. The van der Waals surface area contributed by atoms with Crippen LogP contribution in [0.3, 0.4) is 0 Å². The van der Waals surface area contributed by atoms with Crippen molar-refractivity contribution in [1.82, 2.24) is 4.90 Å². The highest BCUT2D eigenvalue weighted by Gasteiger charge is 2.16. The van der Waals surface area contributed by atoms with E-state index in [0.717, 1.165) is 38.1 Å². The van der Waals surface area contributed by atoms with Crippen molar-refractivity contribution in [2.75, 3.05) is 19.6 Å². The number of rotatable bonds is 6. The molecule has 1 aliphatic rings. The van der Waals surface area contributed by atoms with Gasteiger partial charge in [0.1, 0.15) is 11.6 Å². The van der Waals surface area contributed by atoms with Crippen LogP contribution in [0.25, 0.3) is 0 Å². The average Bonchev–Trinajstić information content (AvgIpc) is 2.62. The fourth-order valence-electron chi connectivity index (χ4n) is 3.08. The smallest absolute Gasteiger partial charge is 0.167 e. The second-order valence-corrected chi connectivity index (χ2v) is 6.37. The number of hydrogen-bond acceptors (Lipinski definition) is 2. The molecule has 2 aromatic rings. The Morgan fingerprint density at radius 3 is 2.50 bits per heavy atom. The molecular weight excluding hydrogens is 356 g/mol. The third-order valence-electron chi connectivity index (χ3n) is 4.55. The molecule has 0 N–H and O–H groups in total. The first kappa shape index (κ1) is 20.3. The molecular formula is C21H22ClF2NO. The Kier molecular flexibility index (Phi) is 7.49. The van der Waals surface area contributed by atoms with Crippen molar-refractivity contribution < 1.29 is 13.6 Å². The molecule has 0 unspecified atom stereocenters. The van der Waals surface area contributed by atoms with Gasteiger partial charge in [0.05, 0.1) is 5.56 Å². The van der Waals surface area contributed by atoms with E-state index < -0.39 is 11.6 Å². The molecule has 1 aliphatic heterocycles. The van der Waals surface area contributed by atoms with Crippen LogP contribution in [0.5, 0.6) is 0 Å². The van der Waals surface area contributed by atoms with Gasteiger partial charge in [0, 0.05) is 32.1 Å². The molecule has 0 aliphatic carbocycles. The predicted octanol–water partition coefficient (Wildman–Crippen LogP) is 4.83. The third kappa shape index (κ3) is 5.48. The lowest BCUT2D eigenvalue weighted by Gasteiger charge is -2.26. The third-order valence-corrected chi connectivity index (χ3v) is 4.55. The standard InChI is InChI=1S/C21H21F2NO.ClH/c22-18-6-7-19(20(23)15-18)21(25)10-13-24-11-8-17(9-12-24)14-16-4-2-1-3-5-16;/h1-8,15H,9-14H2;1H. The van der Waals surface area contributed by atoms with Crippen molar-refractivity contribution in [3.05, 3.63) is 82.9 Å². The van der Waals surface area contributed by atoms with Crippen molar-refractivity contribution in [3.63, 3.8) is 0 Å². The van der Waals surface area contributed by atoms with E-state index in [9.17, 15) is 13.6 Å². The van der Waals surface area contributed by atoms with Crippen molar-refractivity contribution >= 4 is 18.2 Å². The fourth-order valence-corrected chi connectivity index (χ4v) is 3.08. The van der Waals surface area contributed by atoms with Crippen LogP contribution in [0.1, 0.15) is 28.8 Å². The number of halogens is 3. The molecule has 0 amide bonds. The predicted molar refractivity (Wildman–Crippen MR) is 102 cm³/mol. The normalized spacial score (nSPS) is 14.5. The van der Waals surface area contributed by atoms with Crippen LogP contribution in [0.2, 0.25) is 0 Å². The van der Waals surface area contributed by atoms with Gasteiger partial charge in [0.15, 0.2) is 5.78 Å². The number of Topliss-reactive ketones (excluding diaryl/α,β-unsaturated/α-hetero) is 1. The summed E-state index contributed by atoms with van der Waals surface area (Å²) in [5.74, 6) is -1.73. The minimum absolute atomic E-state index is 0. The molecule has 0 fully saturated rings. The zero-order valence-electron chi connectivity index (χ0n) is 14.5. The molecule has 0 aromatic heterocycles. The zero-order valence-corrected chi connectivity index (χ0v) is 15.3. The number of ketones is 1. The molecule has 0 bridgehead atoms. The topological polar surface area (TPSA) is 20.3 Å². The van der Waals surface area contributed by atoms with Crippen molar-refractivity contribution in [2.24, 2.45) is 0 Å². The summed E-state index contributed by atoms with van der Waals surface area (Å²) >= 11 is 0. The van der Waals surface area contributed by atoms with E-state index in [1.54, 1.807) is 0 Å². The fraction of sp³-hybridized carbons (Fsp3) is 0.286. The van der Waals surface area contributed by atoms with Gasteiger partial charge in [-0.1, -0.05) is 42.0 Å². The summed E-state index contributed by atoms with van der Waals surface area (Å²) in [5, 5.41) is 0. The van der Waals surface area contributed by atoms with Gasteiger partial charge in [-0.3, -0.25) is 9.69 Å². The van der Waals surface area contributed by atoms with E-state index >= 15 is 0 Å². The van der Waals surface area contributed by atoms with Gasteiger partial charge in [-0.15, -0.1) is 12.4 Å². The Hall–Kier alpha value is -2.04. The van der Waals surface area contributed by atoms with Gasteiger partial charge >= 0.3 is 0 Å². The molecule has 5 heteroatoms. The van der Waals surface area contributed by atoms with E-state index in [4.69, 9.17) is 0 Å². The lowest BCUT2D eigenvalue weighted by atomic mass is 9.99. The maximum Gasteiger partial charge on any atom is 0.167 e. The summed E-state index contributed by atoms with van der Waals surface area (Å²) in [5.41, 5.74) is 2.70. The van der Waals surface area contributed by atoms with Crippen LogP contribution in [0.15, 0.2) is 60.2 Å². The molecule has 0 spiro atoms. The molecule has 2 aromatic carbocycles. The second kappa shape index (κ2) is 9.60. The first-order valence-corrected chi connectivity index (χ1v) is 8.54. The highest BCUT2D eigenvalue weighted by Crippen LogP contribution is 2.17. The second-order valence-electron chi connectivity index (χ2n) is 6.37. The maximum absolute atomic E-state index is 13.6. The van der Waals surface area contributed by atoms with Crippen LogP contribution in [0.4, 0.5) is 8.78 Å². The highest BCUT2D eigenvalue weighted by atomic mass is 35.5. The first-order valence-electron chi connectivity index (χ1n) is 8.54.